The van der Waals surface area contributed by atoms with Gasteiger partial charge in [-0.15, -0.1) is 0 Å². The van der Waals surface area contributed by atoms with Crippen molar-refractivity contribution in [2.24, 2.45) is 5.92 Å². The van der Waals surface area contributed by atoms with E-state index in [9.17, 15) is 0 Å². The molecule has 2 atom stereocenters. The van der Waals surface area contributed by atoms with Crippen molar-refractivity contribution in [1.29, 1.82) is 0 Å². The zero-order valence-corrected chi connectivity index (χ0v) is 10.2. The summed E-state index contributed by atoms with van der Waals surface area (Å²) in [5, 5.41) is 3.60. The molecule has 4 nitrogen and oxygen atoms in total. The van der Waals surface area contributed by atoms with Crippen LogP contribution in [0.2, 0.25) is 5.28 Å². The van der Waals surface area contributed by atoms with Gasteiger partial charge in [0, 0.05) is 6.04 Å². The van der Waals surface area contributed by atoms with Crippen LogP contribution < -0.4 is 11.1 Å². The largest absolute Gasteiger partial charge is 0.394 e. The number of halogens is 1. The SMILES string of the molecule is CC1CCCC(Nc2nc(Cl)ncc2N)C1. The highest BCUT2D eigenvalue weighted by atomic mass is 35.5. The molecule has 5 heteroatoms. The monoisotopic (exact) mass is 240 g/mol. The molecular weight excluding hydrogens is 224 g/mol. The van der Waals surface area contributed by atoms with Crippen LogP contribution in [0.25, 0.3) is 0 Å². The van der Waals surface area contributed by atoms with E-state index in [1.165, 1.54) is 25.7 Å². The zero-order valence-electron chi connectivity index (χ0n) is 9.41. The van der Waals surface area contributed by atoms with Gasteiger partial charge in [0.1, 0.15) is 0 Å². The lowest BCUT2D eigenvalue weighted by Crippen LogP contribution is -2.27. The molecule has 0 amide bonds. The Morgan fingerprint density at radius 3 is 3.06 bits per heavy atom. The van der Waals surface area contributed by atoms with Crippen molar-refractivity contribution >= 4 is 23.1 Å². The van der Waals surface area contributed by atoms with Crippen LogP contribution in [0.15, 0.2) is 6.20 Å². The minimum atomic E-state index is 0.237. The van der Waals surface area contributed by atoms with Crippen LogP contribution in [-0.4, -0.2) is 16.0 Å². The molecule has 1 heterocycles. The van der Waals surface area contributed by atoms with Crippen molar-refractivity contribution in [2.75, 3.05) is 11.1 Å². The third-order valence-corrected chi connectivity index (χ3v) is 3.25. The second-order valence-electron chi connectivity index (χ2n) is 4.56. The van der Waals surface area contributed by atoms with Gasteiger partial charge in [-0.1, -0.05) is 19.8 Å². The van der Waals surface area contributed by atoms with Gasteiger partial charge in [0.25, 0.3) is 0 Å². The summed E-state index contributed by atoms with van der Waals surface area (Å²) in [5.74, 6) is 1.43. The summed E-state index contributed by atoms with van der Waals surface area (Å²) in [6.45, 7) is 2.28. The predicted octanol–water partition coefficient (Wildman–Crippen LogP) is 2.70. The summed E-state index contributed by atoms with van der Waals surface area (Å²) in [6.07, 6.45) is 6.46. The molecule has 1 fully saturated rings. The smallest absolute Gasteiger partial charge is 0.224 e. The fourth-order valence-electron chi connectivity index (χ4n) is 2.24. The quantitative estimate of drug-likeness (QED) is 0.781. The third-order valence-electron chi connectivity index (χ3n) is 3.06. The number of nitrogens with one attached hydrogen (secondary N) is 1. The van der Waals surface area contributed by atoms with Crippen molar-refractivity contribution in [3.05, 3.63) is 11.5 Å². The summed E-state index contributed by atoms with van der Waals surface area (Å²) >= 11 is 5.75. The van der Waals surface area contributed by atoms with E-state index in [-0.39, 0.29) is 5.28 Å². The lowest BCUT2D eigenvalue weighted by Gasteiger charge is -2.28. The van der Waals surface area contributed by atoms with E-state index < -0.39 is 0 Å². The van der Waals surface area contributed by atoms with E-state index in [0.29, 0.717) is 17.5 Å². The molecule has 0 bridgehead atoms. The number of aromatic nitrogens is 2. The number of nitrogens with two attached hydrogens (primary N) is 1. The van der Waals surface area contributed by atoms with Crippen LogP contribution in [0.5, 0.6) is 0 Å². The molecule has 1 saturated carbocycles. The lowest BCUT2D eigenvalue weighted by atomic mass is 9.87. The number of nitrogen functional groups attached to an aromatic ring is 1. The van der Waals surface area contributed by atoms with E-state index >= 15 is 0 Å². The molecule has 0 radical (unpaired) electrons. The van der Waals surface area contributed by atoms with E-state index in [1.54, 1.807) is 6.20 Å². The lowest BCUT2D eigenvalue weighted by molar-refractivity contribution is 0.358. The van der Waals surface area contributed by atoms with Gasteiger partial charge >= 0.3 is 0 Å². The number of hydrogen-bond acceptors (Lipinski definition) is 4. The molecule has 2 rings (SSSR count). The highest BCUT2D eigenvalue weighted by Crippen LogP contribution is 2.27. The highest BCUT2D eigenvalue weighted by molar-refractivity contribution is 6.28. The van der Waals surface area contributed by atoms with E-state index in [1.807, 2.05) is 0 Å². The zero-order chi connectivity index (χ0) is 11.5. The van der Waals surface area contributed by atoms with E-state index in [2.05, 4.69) is 22.2 Å². The summed E-state index contributed by atoms with van der Waals surface area (Å²) in [5.41, 5.74) is 6.35. The fourth-order valence-corrected chi connectivity index (χ4v) is 2.38. The minimum absolute atomic E-state index is 0.237. The van der Waals surface area contributed by atoms with Gasteiger partial charge in [0.15, 0.2) is 5.82 Å². The Labute approximate surface area is 101 Å². The Balaban J connectivity index is 2.05. The molecule has 0 saturated heterocycles. The molecule has 1 aromatic heterocycles. The van der Waals surface area contributed by atoms with Gasteiger partial charge in [0.05, 0.1) is 11.9 Å². The standard InChI is InChI=1S/C11H17ClN4/c1-7-3-2-4-8(5-7)15-10-9(13)6-14-11(12)16-10/h6-8H,2-5,13H2,1H3,(H,14,15,16). The first-order valence-corrected chi connectivity index (χ1v) is 6.07. The minimum Gasteiger partial charge on any atom is -0.394 e. The van der Waals surface area contributed by atoms with Crippen LogP contribution in [0.1, 0.15) is 32.6 Å². The number of nitrogens with zero attached hydrogens (tertiary/aromatic N) is 2. The Kier molecular flexibility index (Phi) is 3.49. The third kappa shape index (κ3) is 2.76. The summed E-state index contributed by atoms with van der Waals surface area (Å²) in [7, 11) is 0. The Morgan fingerprint density at radius 2 is 2.31 bits per heavy atom. The highest BCUT2D eigenvalue weighted by Gasteiger charge is 2.19. The summed E-state index contributed by atoms with van der Waals surface area (Å²) < 4.78 is 0. The van der Waals surface area contributed by atoms with Crippen LogP contribution in [0.3, 0.4) is 0 Å². The normalized spacial score (nSPS) is 25.4. The van der Waals surface area contributed by atoms with Crippen molar-refractivity contribution in [1.82, 2.24) is 9.97 Å². The Bertz CT molecular complexity index is 369. The molecular formula is C11H17ClN4. The summed E-state index contributed by atoms with van der Waals surface area (Å²) in [6, 6.07) is 0.456. The first-order valence-electron chi connectivity index (χ1n) is 5.69. The average Bonchev–Trinajstić information content (AvgIpc) is 2.24. The Hall–Kier alpha value is -1.03. The van der Waals surface area contributed by atoms with Gasteiger partial charge in [-0.3, -0.25) is 0 Å². The van der Waals surface area contributed by atoms with Crippen LogP contribution in [-0.2, 0) is 0 Å². The van der Waals surface area contributed by atoms with Gasteiger partial charge in [-0.25, -0.2) is 4.98 Å². The molecule has 1 aliphatic rings. The molecule has 0 spiro atoms. The molecule has 0 aliphatic heterocycles. The second-order valence-corrected chi connectivity index (χ2v) is 4.89. The average molecular weight is 241 g/mol. The number of anilines is 2. The molecule has 1 aromatic rings. The van der Waals surface area contributed by atoms with Crippen molar-refractivity contribution < 1.29 is 0 Å². The van der Waals surface area contributed by atoms with Crippen molar-refractivity contribution in [3.63, 3.8) is 0 Å². The molecule has 0 aromatic carbocycles. The number of rotatable bonds is 2. The van der Waals surface area contributed by atoms with Gasteiger partial charge in [-0.05, 0) is 30.4 Å². The van der Waals surface area contributed by atoms with Crippen LogP contribution >= 0.6 is 11.6 Å². The van der Waals surface area contributed by atoms with Crippen LogP contribution in [0.4, 0.5) is 11.5 Å². The molecule has 1 aliphatic carbocycles. The van der Waals surface area contributed by atoms with Crippen LogP contribution in [0, 0.1) is 5.92 Å². The van der Waals surface area contributed by atoms with Gasteiger partial charge in [0.2, 0.25) is 5.28 Å². The van der Waals surface area contributed by atoms with E-state index in [0.717, 1.165) is 5.92 Å². The van der Waals surface area contributed by atoms with Gasteiger partial charge in [-0.2, -0.15) is 4.98 Å². The fraction of sp³-hybridized carbons (Fsp3) is 0.636. The molecule has 88 valence electrons. The van der Waals surface area contributed by atoms with Crippen molar-refractivity contribution in [2.45, 2.75) is 38.6 Å². The Morgan fingerprint density at radius 1 is 1.50 bits per heavy atom. The number of hydrogen-bond donors (Lipinski definition) is 2. The predicted molar refractivity (Wildman–Crippen MR) is 66.5 cm³/mol. The second kappa shape index (κ2) is 4.87. The molecule has 3 N–H and O–H groups in total. The first-order chi connectivity index (χ1) is 7.65. The summed E-state index contributed by atoms with van der Waals surface area (Å²) in [4.78, 5) is 7.95. The topological polar surface area (TPSA) is 63.8 Å². The maximum Gasteiger partial charge on any atom is 0.224 e. The molecule has 16 heavy (non-hydrogen) atoms. The van der Waals surface area contributed by atoms with Gasteiger partial charge < -0.3 is 11.1 Å². The maximum absolute atomic E-state index is 5.80. The maximum atomic E-state index is 5.80. The van der Waals surface area contributed by atoms with Crippen molar-refractivity contribution in [3.8, 4) is 0 Å². The first kappa shape index (κ1) is 11.5. The molecule has 2 unspecified atom stereocenters. The van der Waals surface area contributed by atoms with E-state index in [4.69, 9.17) is 17.3 Å².